The molecule has 0 aliphatic heterocycles. The number of hydrogen-bond acceptors (Lipinski definition) is 0. The van der Waals surface area contributed by atoms with Gasteiger partial charge in [-0.15, -0.1) is 0 Å². The number of rotatable bonds is 7. The standard InChI is InChI=1S/C13H26/c1-4-6-11(3)7-8-12(5-2)13-9-10-13/h11-13H,4-10H2,1-3H3. The van der Waals surface area contributed by atoms with Gasteiger partial charge in [0.25, 0.3) is 0 Å². The lowest BCUT2D eigenvalue weighted by atomic mass is 9.90. The van der Waals surface area contributed by atoms with Gasteiger partial charge in [0.2, 0.25) is 0 Å². The molecule has 0 amide bonds. The monoisotopic (exact) mass is 182 g/mol. The summed E-state index contributed by atoms with van der Waals surface area (Å²) in [7, 11) is 0. The largest absolute Gasteiger partial charge is 0.0654 e. The van der Waals surface area contributed by atoms with Crippen LogP contribution in [0.25, 0.3) is 0 Å². The fourth-order valence-electron chi connectivity index (χ4n) is 2.48. The lowest BCUT2D eigenvalue weighted by molar-refractivity contribution is 0.354. The molecular weight excluding hydrogens is 156 g/mol. The van der Waals surface area contributed by atoms with E-state index in [-0.39, 0.29) is 0 Å². The third kappa shape index (κ3) is 4.15. The van der Waals surface area contributed by atoms with Crippen LogP contribution in [0.2, 0.25) is 0 Å². The van der Waals surface area contributed by atoms with E-state index in [0.29, 0.717) is 0 Å². The molecule has 0 aromatic rings. The first kappa shape index (κ1) is 11.1. The highest BCUT2D eigenvalue weighted by molar-refractivity contribution is 4.80. The first-order valence-electron chi connectivity index (χ1n) is 6.27. The fourth-order valence-corrected chi connectivity index (χ4v) is 2.48. The van der Waals surface area contributed by atoms with Gasteiger partial charge in [0.1, 0.15) is 0 Å². The van der Waals surface area contributed by atoms with Gasteiger partial charge < -0.3 is 0 Å². The van der Waals surface area contributed by atoms with Gasteiger partial charge in [0.05, 0.1) is 0 Å². The minimum atomic E-state index is 0.970. The van der Waals surface area contributed by atoms with Gasteiger partial charge in [-0.05, 0) is 37.0 Å². The molecular formula is C13H26. The van der Waals surface area contributed by atoms with Crippen molar-refractivity contribution in [2.24, 2.45) is 17.8 Å². The summed E-state index contributed by atoms with van der Waals surface area (Å²) in [4.78, 5) is 0. The summed E-state index contributed by atoms with van der Waals surface area (Å²) in [6.45, 7) is 7.09. The summed E-state index contributed by atoms with van der Waals surface area (Å²) in [5.74, 6) is 3.16. The Morgan fingerprint density at radius 1 is 1.08 bits per heavy atom. The van der Waals surface area contributed by atoms with Crippen LogP contribution in [0.15, 0.2) is 0 Å². The molecule has 1 aliphatic rings. The van der Waals surface area contributed by atoms with Gasteiger partial charge in [0.15, 0.2) is 0 Å². The van der Waals surface area contributed by atoms with Crippen molar-refractivity contribution in [3.63, 3.8) is 0 Å². The zero-order valence-corrected chi connectivity index (χ0v) is 9.68. The Hall–Kier alpha value is 0. The maximum absolute atomic E-state index is 2.42. The molecule has 0 spiro atoms. The van der Waals surface area contributed by atoms with E-state index < -0.39 is 0 Å². The summed E-state index contributed by atoms with van der Waals surface area (Å²) in [6, 6.07) is 0. The molecule has 0 saturated heterocycles. The van der Waals surface area contributed by atoms with Crippen LogP contribution in [-0.2, 0) is 0 Å². The van der Waals surface area contributed by atoms with Crippen LogP contribution < -0.4 is 0 Å². The van der Waals surface area contributed by atoms with E-state index in [9.17, 15) is 0 Å². The zero-order chi connectivity index (χ0) is 9.68. The fraction of sp³-hybridized carbons (Fsp3) is 1.00. The van der Waals surface area contributed by atoms with Gasteiger partial charge >= 0.3 is 0 Å². The normalized spacial score (nSPS) is 21.5. The molecule has 2 atom stereocenters. The Bertz CT molecular complexity index is 124. The molecule has 0 N–H and O–H groups in total. The predicted octanol–water partition coefficient (Wildman–Crippen LogP) is 4.64. The summed E-state index contributed by atoms with van der Waals surface area (Å²) >= 11 is 0. The maximum atomic E-state index is 2.42. The lowest BCUT2D eigenvalue weighted by Gasteiger charge is -2.16. The molecule has 0 heterocycles. The van der Waals surface area contributed by atoms with Crippen LogP contribution in [0.4, 0.5) is 0 Å². The second-order valence-corrected chi connectivity index (χ2v) is 4.98. The minimum absolute atomic E-state index is 0.970. The Balaban J connectivity index is 2.07. The molecule has 0 nitrogen and oxygen atoms in total. The van der Waals surface area contributed by atoms with Crippen LogP contribution >= 0.6 is 0 Å². The lowest BCUT2D eigenvalue weighted by Crippen LogP contribution is -2.04. The molecule has 1 aliphatic carbocycles. The van der Waals surface area contributed by atoms with E-state index in [4.69, 9.17) is 0 Å². The Morgan fingerprint density at radius 2 is 1.77 bits per heavy atom. The highest BCUT2D eigenvalue weighted by atomic mass is 14.3. The van der Waals surface area contributed by atoms with Crippen LogP contribution in [0.1, 0.15) is 65.7 Å². The maximum Gasteiger partial charge on any atom is -0.0386 e. The third-order valence-corrected chi connectivity index (χ3v) is 3.62. The molecule has 1 saturated carbocycles. The molecule has 13 heavy (non-hydrogen) atoms. The van der Waals surface area contributed by atoms with Crippen LogP contribution in [-0.4, -0.2) is 0 Å². The van der Waals surface area contributed by atoms with E-state index in [1.54, 1.807) is 0 Å². The Labute approximate surface area is 84.1 Å². The van der Waals surface area contributed by atoms with Crippen molar-refractivity contribution in [1.82, 2.24) is 0 Å². The first-order chi connectivity index (χ1) is 6.27. The first-order valence-corrected chi connectivity index (χ1v) is 6.27. The molecule has 1 fully saturated rings. The number of hydrogen-bond donors (Lipinski definition) is 0. The van der Waals surface area contributed by atoms with Crippen LogP contribution in [0.3, 0.4) is 0 Å². The minimum Gasteiger partial charge on any atom is -0.0654 e. The average Bonchev–Trinajstić information content (AvgIpc) is 2.90. The summed E-state index contributed by atoms with van der Waals surface area (Å²) < 4.78 is 0. The molecule has 0 radical (unpaired) electrons. The van der Waals surface area contributed by atoms with Crippen molar-refractivity contribution >= 4 is 0 Å². The molecule has 2 unspecified atom stereocenters. The topological polar surface area (TPSA) is 0 Å². The summed E-state index contributed by atoms with van der Waals surface area (Å²) in [6.07, 6.45) is 10.2. The van der Waals surface area contributed by atoms with Crippen molar-refractivity contribution in [2.75, 3.05) is 0 Å². The van der Waals surface area contributed by atoms with Crippen molar-refractivity contribution < 1.29 is 0 Å². The van der Waals surface area contributed by atoms with Crippen molar-refractivity contribution in [1.29, 1.82) is 0 Å². The van der Waals surface area contributed by atoms with E-state index in [0.717, 1.165) is 17.8 Å². The van der Waals surface area contributed by atoms with Crippen molar-refractivity contribution in [3.05, 3.63) is 0 Å². The smallest absolute Gasteiger partial charge is 0.0386 e. The van der Waals surface area contributed by atoms with E-state index >= 15 is 0 Å². The van der Waals surface area contributed by atoms with Crippen LogP contribution in [0.5, 0.6) is 0 Å². The van der Waals surface area contributed by atoms with Crippen molar-refractivity contribution in [3.8, 4) is 0 Å². The predicted molar refractivity (Wildman–Crippen MR) is 59.8 cm³/mol. The second-order valence-electron chi connectivity index (χ2n) is 4.98. The second kappa shape index (κ2) is 5.67. The summed E-state index contributed by atoms with van der Waals surface area (Å²) in [5, 5.41) is 0. The van der Waals surface area contributed by atoms with Gasteiger partial charge in [-0.25, -0.2) is 0 Å². The highest BCUT2D eigenvalue weighted by Crippen LogP contribution is 2.41. The van der Waals surface area contributed by atoms with Crippen molar-refractivity contribution in [2.45, 2.75) is 65.7 Å². The Morgan fingerprint density at radius 3 is 2.23 bits per heavy atom. The quantitative estimate of drug-likeness (QED) is 0.538. The molecule has 1 rings (SSSR count). The van der Waals surface area contributed by atoms with Gasteiger partial charge in [-0.2, -0.15) is 0 Å². The third-order valence-electron chi connectivity index (χ3n) is 3.62. The highest BCUT2D eigenvalue weighted by Gasteiger charge is 2.29. The van der Waals surface area contributed by atoms with Gasteiger partial charge in [-0.3, -0.25) is 0 Å². The van der Waals surface area contributed by atoms with Gasteiger partial charge in [0, 0.05) is 0 Å². The van der Waals surface area contributed by atoms with E-state index in [1.807, 2.05) is 0 Å². The molecule has 0 aromatic heterocycles. The van der Waals surface area contributed by atoms with Gasteiger partial charge in [-0.1, -0.05) is 46.5 Å². The average molecular weight is 182 g/mol. The van der Waals surface area contributed by atoms with E-state index in [1.165, 1.54) is 44.9 Å². The van der Waals surface area contributed by atoms with Crippen LogP contribution in [0, 0.1) is 17.8 Å². The molecule has 0 heteroatoms. The van der Waals surface area contributed by atoms with E-state index in [2.05, 4.69) is 20.8 Å². The SMILES string of the molecule is CCCC(C)CCC(CC)C1CC1. The molecule has 0 aromatic carbocycles. The Kier molecular flexibility index (Phi) is 4.83. The summed E-state index contributed by atoms with van der Waals surface area (Å²) in [5.41, 5.74) is 0. The zero-order valence-electron chi connectivity index (χ0n) is 9.68. The molecule has 0 bridgehead atoms. The molecule has 78 valence electrons.